The Morgan fingerprint density at radius 3 is 2.34 bits per heavy atom. The van der Waals surface area contributed by atoms with Crippen LogP contribution >= 0.6 is 0 Å². The topological polar surface area (TPSA) is 101 Å². The van der Waals surface area contributed by atoms with Gasteiger partial charge in [-0.25, -0.2) is 4.98 Å². The fourth-order valence-electron chi connectivity index (χ4n) is 3.50. The minimum Gasteiger partial charge on any atom is -0.390 e. The Morgan fingerprint density at radius 2 is 1.69 bits per heavy atom. The lowest BCUT2D eigenvalue weighted by molar-refractivity contribution is -0.393. The molecule has 0 saturated heterocycles. The molecule has 1 amide bonds. The van der Waals surface area contributed by atoms with E-state index in [1.165, 1.54) is 6.20 Å². The van der Waals surface area contributed by atoms with E-state index in [1.807, 2.05) is 67.6 Å². The number of nitrogens with zero attached hydrogens (tertiary/aromatic N) is 2. The molecule has 1 heterocycles. The molecule has 32 heavy (non-hydrogen) atoms. The molecule has 4 aromatic rings. The molecular weight excluding hydrogens is 404 g/mol. The summed E-state index contributed by atoms with van der Waals surface area (Å²) in [4.78, 5) is 29.1. The van der Waals surface area contributed by atoms with E-state index in [0.29, 0.717) is 18.7 Å². The Bertz CT molecular complexity index is 1250. The van der Waals surface area contributed by atoms with Crippen LogP contribution in [0.5, 0.6) is 0 Å². The number of imidazole rings is 1. The summed E-state index contributed by atoms with van der Waals surface area (Å²) in [5, 5.41) is 13.8. The number of aromatic amines is 1. The number of carbonyl (C=O) groups is 1. The van der Waals surface area contributed by atoms with Gasteiger partial charge in [-0.15, -0.1) is 0 Å². The van der Waals surface area contributed by atoms with E-state index in [1.54, 1.807) is 0 Å². The first kappa shape index (κ1) is 21.0. The third kappa shape index (κ3) is 4.89. The molecular formula is C25H22N4O3. The summed E-state index contributed by atoms with van der Waals surface area (Å²) in [6, 6.07) is 23.8. The van der Waals surface area contributed by atoms with Crippen molar-refractivity contribution >= 4 is 11.9 Å². The van der Waals surface area contributed by atoms with E-state index >= 15 is 0 Å². The van der Waals surface area contributed by atoms with Gasteiger partial charge in [-0.1, -0.05) is 71.7 Å². The number of amides is 1. The normalized spacial score (nSPS) is 10.7. The number of carbonyl (C=O) groups excluding carboxylic acids is 1. The Morgan fingerprint density at radius 1 is 1.00 bits per heavy atom. The maximum Gasteiger partial charge on any atom is 0.432 e. The van der Waals surface area contributed by atoms with Crippen molar-refractivity contribution in [2.24, 2.45) is 0 Å². The predicted molar refractivity (Wildman–Crippen MR) is 123 cm³/mol. The van der Waals surface area contributed by atoms with Crippen LogP contribution < -0.4 is 5.32 Å². The van der Waals surface area contributed by atoms with Crippen molar-refractivity contribution in [2.45, 2.75) is 19.9 Å². The van der Waals surface area contributed by atoms with Gasteiger partial charge < -0.3 is 15.4 Å². The van der Waals surface area contributed by atoms with E-state index in [4.69, 9.17) is 0 Å². The molecule has 160 valence electrons. The number of hydrogen-bond acceptors (Lipinski definition) is 4. The van der Waals surface area contributed by atoms with Crippen molar-refractivity contribution in [1.82, 2.24) is 15.3 Å². The molecule has 0 aliphatic rings. The second-order valence-corrected chi connectivity index (χ2v) is 7.54. The van der Waals surface area contributed by atoms with Gasteiger partial charge in [0.1, 0.15) is 11.9 Å². The van der Waals surface area contributed by atoms with E-state index in [2.05, 4.69) is 27.4 Å². The summed E-state index contributed by atoms with van der Waals surface area (Å²) in [5.41, 5.74) is 6.56. The summed E-state index contributed by atoms with van der Waals surface area (Å²) in [7, 11) is 0. The second-order valence-electron chi connectivity index (χ2n) is 7.54. The van der Waals surface area contributed by atoms with Crippen molar-refractivity contribution in [1.29, 1.82) is 0 Å². The minimum atomic E-state index is -0.560. The maximum atomic E-state index is 12.4. The standard InChI is InChI=1S/C25H22N4O3/c1-17-13-21(23-16-27-25(28-23)29(31)32)11-12-22(17)15-26-24(30)14-18-7-9-20(10-8-18)19-5-3-2-4-6-19/h2-13,16H,14-15H2,1H3,(H,26,30)(H,27,28). The third-order valence-corrected chi connectivity index (χ3v) is 5.29. The highest BCUT2D eigenvalue weighted by Gasteiger charge is 2.13. The highest BCUT2D eigenvalue weighted by Crippen LogP contribution is 2.23. The van der Waals surface area contributed by atoms with Crippen molar-refractivity contribution in [3.05, 3.63) is 106 Å². The van der Waals surface area contributed by atoms with Crippen LogP contribution in [0.25, 0.3) is 22.4 Å². The molecule has 0 unspecified atom stereocenters. The van der Waals surface area contributed by atoms with Crippen LogP contribution in [0.1, 0.15) is 16.7 Å². The van der Waals surface area contributed by atoms with Gasteiger partial charge in [-0.05, 0) is 45.7 Å². The minimum absolute atomic E-state index is 0.0508. The molecule has 0 aliphatic carbocycles. The molecule has 4 rings (SSSR count). The summed E-state index contributed by atoms with van der Waals surface area (Å²) in [5.74, 6) is -0.337. The molecule has 7 nitrogen and oxygen atoms in total. The molecule has 2 N–H and O–H groups in total. The first-order chi connectivity index (χ1) is 15.5. The molecule has 3 aromatic carbocycles. The van der Waals surface area contributed by atoms with Crippen LogP contribution in [0.2, 0.25) is 0 Å². The number of nitrogens with one attached hydrogen (secondary N) is 2. The number of nitro groups is 1. The highest BCUT2D eigenvalue weighted by atomic mass is 16.6. The molecule has 0 saturated carbocycles. The number of benzene rings is 3. The molecule has 0 bridgehead atoms. The van der Waals surface area contributed by atoms with Gasteiger partial charge in [0.2, 0.25) is 5.91 Å². The zero-order valence-electron chi connectivity index (χ0n) is 17.5. The Balaban J connectivity index is 1.35. The van der Waals surface area contributed by atoms with Gasteiger partial charge >= 0.3 is 5.95 Å². The number of hydrogen-bond donors (Lipinski definition) is 2. The fraction of sp³-hybridized carbons (Fsp3) is 0.120. The SMILES string of the molecule is Cc1cc(-c2cnc([N+](=O)[O-])[nH]2)ccc1CNC(=O)Cc1ccc(-c2ccccc2)cc1. The lowest BCUT2D eigenvalue weighted by Gasteiger charge is -2.10. The van der Waals surface area contributed by atoms with Gasteiger partial charge in [0.05, 0.1) is 6.42 Å². The Hall–Kier alpha value is -4.26. The second kappa shape index (κ2) is 9.26. The van der Waals surface area contributed by atoms with Crippen molar-refractivity contribution in [3.63, 3.8) is 0 Å². The summed E-state index contributed by atoms with van der Waals surface area (Å²) < 4.78 is 0. The molecule has 0 fully saturated rings. The van der Waals surface area contributed by atoms with Crippen molar-refractivity contribution < 1.29 is 9.72 Å². The molecule has 1 aromatic heterocycles. The highest BCUT2D eigenvalue weighted by molar-refractivity contribution is 5.79. The van der Waals surface area contributed by atoms with Crippen LogP contribution in [-0.4, -0.2) is 20.8 Å². The summed E-state index contributed by atoms with van der Waals surface area (Å²) >= 11 is 0. The quantitative estimate of drug-likeness (QED) is 0.327. The molecule has 0 radical (unpaired) electrons. The third-order valence-electron chi connectivity index (χ3n) is 5.29. The molecule has 7 heteroatoms. The summed E-state index contributed by atoms with van der Waals surface area (Å²) in [6.45, 7) is 2.36. The predicted octanol–water partition coefficient (Wildman–Crippen LogP) is 4.82. The Labute approximate surface area is 185 Å². The van der Waals surface area contributed by atoms with Gasteiger partial charge in [0, 0.05) is 12.1 Å². The van der Waals surface area contributed by atoms with Crippen LogP contribution in [0.4, 0.5) is 5.95 Å². The van der Waals surface area contributed by atoms with Crippen LogP contribution in [0.15, 0.2) is 79.0 Å². The van der Waals surface area contributed by atoms with Crippen molar-refractivity contribution in [3.8, 4) is 22.4 Å². The average molecular weight is 426 g/mol. The monoisotopic (exact) mass is 426 g/mol. The zero-order valence-corrected chi connectivity index (χ0v) is 17.5. The van der Waals surface area contributed by atoms with E-state index in [0.717, 1.165) is 33.4 Å². The lowest BCUT2D eigenvalue weighted by atomic mass is 10.0. The summed E-state index contributed by atoms with van der Waals surface area (Å²) in [6.07, 6.45) is 1.75. The fourth-order valence-corrected chi connectivity index (χ4v) is 3.50. The molecule has 0 spiro atoms. The van der Waals surface area contributed by atoms with E-state index in [9.17, 15) is 14.9 Å². The van der Waals surface area contributed by atoms with Crippen molar-refractivity contribution in [2.75, 3.05) is 0 Å². The van der Waals surface area contributed by atoms with Gasteiger partial charge in [0.15, 0.2) is 0 Å². The van der Waals surface area contributed by atoms with Crippen LogP contribution in [-0.2, 0) is 17.8 Å². The average Bonchev–Trinajstić information content (AvgIpc) is 3.30. The largest absolute Gasteiger partial charge is 0.432 e. The van der Waals surface area contributed by atoms with E-state index < -0.39 is 4.92 Å². The van der Waals surface area contributed by atoms with Gasteiger partial charge in [0.25, 0.3) is 0 Å². The number of rotatable bonds is 7. The number of aryl methyl sites for hydroxylation is 1. The number of aromatic nitrogens is 2. The molecule has 0 aliphatic heterocycles. The number of H-pyrrole nitrogens is 1. The van der Waals surface area contributed by atoms with Gasteiger partial charge in [-0.3, -0.25) is 4.79 Å². The Kier molecular flexibility index (Phi) is 6.07. The first-order valence-electron chi connectivity index (χ1n) is 10.2. The van der Waals surface area contributed by atoms with Gasteiger partial charge in [-0.2, -0.15) is 0 Å². The first-order valence-corrected chi connectivity index (χ1v) is 10.2. The maximum absolute atomic E-state index is 12.4. The zero-order chi connectivity index (χ0) is 22.5. The smallest absolute Gasteiger partial charge is 0.390 e. The van der Waals surface area contributed by atoms with E-state index in [-0.39, 0.29) is 11.9 Å². The van der Waals surface area contributed by atoms with Crippen LogP contribution in [0, 0.1) is 17.0 Å². The lowest BCUT2D eigenvalue weighted by Crippen LogP contribution is -2.24. The van der Waals surface area contributed by atoms with Crippen LogP contribution in [0.3, 0.4) is 0 Å². The molecule has 0 atom stereocenters.